The van der Waals surface area contributed by atoms with Crippen LogP contribution in [-0.4, -0.2) is 34.3 Å². The standard InChI is InChI=1S/C28H27N3O3/c1-4-19-16-22-14-15-29-28(22)25(17-19)21-10-12-23(24-8-6-7-9-26(24)31(33)34)20(18-21)11-13-27(32)30(3)5-2/h6-18,29H,4-5H2,1-3H3/b13-11+. The van der Waals surface area contributed by atoms with Gasteiger partial charge in [0.05, 0.1) is 16.0 Å². The lowest BCUT2D eigenvalue weighted by atomic mass is 9.92. The predicted octanol–water partition coefficient (Wildman–Crippen LogP) is 6.46. The minimum absolute atomic E-state index is 0.0293. The summed E-state index contributed by atoms with van der Waals surface area (Å²) < 4.78 is 0. The number of hydrogen-bond acceptors (Lipinski definition) is 3. The number of rotatable bonds is 7. The number of carbonyl (C=O) groups is 1. The van der Waals surface area contributed by atoms with Gasteiger partial charge in [-0.1, -0.05) is 31.2 Å². The topological polar surface area (TPSA) is 79.2 Å². The number of likely N-dealkylation sites (N-methyl/N-ethyl adjacent to an activating group) is 1. The Morgan fingerprint density at radius 2 is 1.82 bits per heavy atom. The summed E-state index contributed by atoms with van der Waals surface area (Å²) in [6.07, 6.45) is 6.11. The van der Waals surface area contributed by atoms with E-state index in [0.29, 0.717) is 17.7 Å². The first-order valence-electron chi connectivity index (χ1n) is 11.3. The number of nitro groups is 1. The van der Waals surface area contributed by atoms with Crippen LogP contribution in [-0.2, 0) is 11.2 Å². The predicted molar refractivity (Wildman–Crippen MR) is 138 cm³/mol. The third kappa shape index (κ3) is 4.48. The number of amides is 1. The Labute approximate surface area is 198 Å². The van der Waals surface area contributed by atoms with Gasteiger partial charge in [-0.2, -0.15) is 0 Å². The molecule has 0 spiro atoms. The van der Waals surface area contributed by atoms with Crippen molar-refractivity contribution in [2.24, 2.45) is 0 Å². The third-order valence-electron chi connectivity index (χ3n) is 6.14. The molecule has 1 aromatic heterocycles. The second-order valence-electron chi connectivity index (χ2n) is 8.20. The molecular weight excluding hydrogens is 426 g/mol. The van der Waals surface area contributed by atoms with Crippen LogP contribution >= 0.6 is 0 Å². The van der Waals surface area contributed by atoms with E-state index in [0.717, 1.165) is 34.0 Å². The van der Waals surface area contributed by atoms with Crippen molar-refractivity contribution in [1.82, 2.24) is 9.88 Å². The lowest BCUT2D eigenvalue weighted by molar-refractivity contribution is -0.384. The molecule has 0 aliphatic carbocycles. The molecule has 0 aliphatic heterocycles. The SMILES string of the molecule is CCc1cc(-c2ccc(-c3ccccc3[N+](=O)[O-])c(/C=C/C(=O)N(C)CC)c2)c2[nH]ccc2c1. The van der Waals surface area contributed by atoms with Gasteiger partial charge >= 0.3 is 0 Å². The lowest BCUT2D eigenvalue weighted by Crippen LogP contribution is -2.23. The lowest BCUT2D eigenvalue weighted by Gasteiger charge is -2.13. The van der Waals surface area contributed by atoms with Crippen molar-refractivity contribution in [2.45, 2.75) is 20.3 Å². The quantitative estimate of drug-likeness (QED) is 0.198. The first-order chi connectivity index (χ1) is 16.4. The van der Waals surface area contributed by atoms with E-state index >= 15 is 0 Å². The van der Waals surface area contributed by atoms with Crippen molar-refractivity contribution in [1.29, 1.82) is 0 Å². The van der Waals surface area contributed by atoms with Gasteiger partial charge in [-0.3, -0.25) is 14.9 Å². The van der Waals surface area contributed by atoms with E-state index in [-0.39, 0.29) is 16.5 Å². The van der Waals surface area contributed by atoms with Crippen molar-refractivity contribution < 1.29 is 9.72 Å². The van der Waals surface area contributed by atoms with E-state index in [4.69, 9.17) is 0 Å². The Kier molecular flexibility index (Phi) is 6.59. The molecule has 0 aliphatic rings. The van der Waals surface area contributed by atoms with Crippen molar-refractivity contribution >= 4 is 28.6 Å². The molecule has 0 bridgehead atoms. The van der Waals surface area contributed by atoms with Gasteiger partial charge in [0.2, 0.25) is 5.91 Å². The maximum Gasteiger partial charge on any atom is 0.277 e. The van der Waals surface area contributed by atoms with Crippen LogP contribution < -0.4 is 0 Å². The molecule has 4 rings (SSSR count). The summed E-state index contributed by atoms with van der Waals surface area (Å²) in [7, 11) is 1.74. The van der Waals surface area contributed by atoms with Gasteiger partial charge in [-0.15, -0.1) is 0 Å². The Balaban J connectivity index is 1.92. The highest BCUT2D eigenvalue weighted by Crippen LogP contribution is 2.37. The van der Waals surface area contributed by atoms with Gasteiger partial charge in [-0.25, -0.2) is 0 Å². The van der Waals surface area contributed by atoms with Gasteiger partial charge in [0.1, 0.15) is 0 Å². The van der Waals surface area contributed by atoms with Gasteiger partial charge in [0.15, 0.2) is 0 Å². The number of nitrogens with one attached hydrogen (secondary N) is 1. The molecule has 0 saturated heterocycles. The van der Waals surface area contributed by atoms with Crippen LogP contribution in [0, 0.1) is 10.1 Å². The Hall–Kier alpha value is -4.19. The second kappa shape index (κ2) is 9.75. The molecule has 1 heterocycles. The van der Waals surface area contributed by atoms with Crippen LogP contribution in [0.4, 0.5) is 5.69 Å². The van der Waals surface area contributed by atoms with Gasteiger partial charge in [-0.05, 0) is 72.0 Å². The zero-order chi connectivity index (χ0) is 24.2. The second-order valence-corrected chi connectivity index (χ2v) is 8.20. The largest absolute Gasteiger partial charge is 0.361 e. The molecule has 172 valence electrons. The summed E-state index contributed by atoms with van der Waals surface area (Å²) in [4.78, 5) is 28.7. The van der Waals surface area contributed by atoms with E-state index < -0.39 is 0 Å². The van der Waals surface area contributed by atoms with Crippen LogP contribution in [0.1, 0.15) is 25.0 Å². The number of nitro benzene ring substituents is 1. The number of aromatic amines is 1. The highest BCUT2D eigenvalue weighted by Gasteiger charge is 2.18. The van der Waals surface area contributed by atoms with Crippen LogP contribution in [0.3, 0.4) is 0 Å². The minimum Gasteiger partial charge on any atom is -0.361 e. The normalized spacial score (nSPS) is 11.3. The number of aromatic nitrogens is 1. The molecule has 0 fully saturated rings. The zero-order valence-corrected chi connectivity index (χ0v) is 19.5. The van der Waals surface area contributed by atoms with Crippen LogP contribution in [0.2, 0.25) is 0 Å². The molecule has 0 saturated carbocycles. The number of benzene rings is 3. The van der Waals surface area contributed by atoms with Crippen molar-refractivity contribution in [3.8, 4) is 22.3 Å². The number of H-pyrrole nitrogens is 1. The van der Waals surface area contributed by atoms with Crippen molar-refractivity contribution in [2.75, 3.05) is 13.6 Å². The summed E-state index contributed by atoms with van der Waals surface area (Å²) >= 11 is 0. The monoisotopic (exact) mass is 453 g/mol. The maximum atomic E-state index is 12.5. The number of carbonyl (C=O) groups excluding carboxylic acids is 1. The highest BCUT2D eigenvalue weighted by molar-refractivity contribution is 5.97. The molecule has 6 nitrogen and oxygen atoms in total. The fourth-order valence-corrected chi connectivity index (χ4v) is 4.08. The zero-order valence-electron chi connectivity index (χ0n) is 19.5. The first-order valence-corrected chi connectivity index (χ1v) is 11.3. The minimum atomic E-state index is -0.375. The Morgan fingerprint density at radius 1 is 1.03 bits per heavy atom. The van der Waals surface area contributed by atoms with Crippen LogP contribution in [0.15, 0.2) is 72.9 Å². The molecule has 0 unspecified atom stereocenters. The van der Waals surface area contributed by atoms with E-state index in [9.17, 15) is 14.9 Å². The van der Waals surface area contributed by atoms with E-state index in [1.165, 1.54) is 17.7 Å². The van der Waals surface area contributed by atoms with Gasteiger partial charge in [0, 0.05) is 42.9 Å². The molecule has 3 aromatic carbocycles. The summed E-state index contributed by atoms with van der Waals surface area (Å²) in [5, 5.41) is 12.8. The van der Waals surface area contributed by atoms with Crippen molar-refractivity contribution in [3.63, 3.8) is 0 Å². The Bertz CT molecular complexity index is 1400. The fraction of sp³-hybridized carbons (Fsp3) is 0.179. The average Bonchev–Trinajstić information content (AvgIpc) is 3.34. The van der Waals surface area contributed by atoms with E-state index in [1.807, 2.05) is 31.3 Å². The fourth-order valence-electron chi connectivity index (χ4n) is 4.08. The number of nitrogens with zero attached hydrogens (tertiary/aromatic N) is 2. The number of fused-ring (bicyclic) bond motifs is 1. The summed E-state index contributed by atoms with van der Waals surface area (Å²) in [5.41, 5.74) is 6.28. The maximum absolute atomic E-state index is 12.5. The molecule has 6 heteroatoms. The smallest absolute Gasteiger partial charge is 0.277 e. The number of aryl methyl sites for hydroxylation is 1. The van der Waals surface area contributed by atoms with Crippen LogP contribution in [0.5, 0.6) is 0 Å². The molecule has 1 amide bonds. The molecule has 0 atom stereocenters. The molecule has 34 heavy (non-hydrogen) atoms. The summed E-state index contributed by atoms with van der Waals surface area (Å²) in [6.45, 7) is 4.63. The number of para-hydroxylation sites is 1. The van der Waals surface area contributed by atoms with Crippen molar-refractivity contribution in [3.05, 3.63) is 94.2 Å². The molecular formula is C28H27N3O3. The molecule has 4 aromatic rings. The van der Waals surface area contributed by atoms with Gasteiger partial charge < -0.3 is 9.88 Å². The number of hydrogen-bond donors (Lipinski definition) is 1. The Morgan fingerprint density at radius 3 is 2.56 bits per heavy atom. The van der Waals surface area contributed by atoms with E-state index in [1.54, 1.807) is 36.2 Å². The average molecular weight is 454 g/mol. The van der Waals surface area contributed by atoms with Gasteiger partial charge in [0.25, 0.3) is 5.69 Å². The summed E-state index contributed by atoms with van der Waals surface area (Å²) in [6, 6.07) is 19.0. The molecule has 0 radical (unpaired) electrons. The third-order valence-corrected chi connectivity index (χ3v) is 6.14. The summed E-state index contributed by atoms with van der Waals surface area (Å²) in [5.74, 6) is -0.124. The highest BCUT2D eigenvalue weighted by atomic mass is 16.6. The van der Waals surface area contributed by atoms with Crippen LogP contribution in [0.25, 0.3) is 39.2 Å². The first kappa shape index (κ1) is 23.0. The van der Waals surface area contributed by atoms with E-state index in [2.05, 4.69) is 30.1 Å². The molecule has 1 N–H and O–H groups in total.